The summed E-state index contributed by atoms with van der Waals surface area (Å²) in [4.78, 5) is 29.2. The molecule has 7 heteroatoms. The van der Waals surface area contributed by atoms with E-state index < -0.39 is 6.04 Å². The van der Waals surface area contributed by atoms with Gasteiger partial charge in [0, 0.05) is 34.3 Å². The van der Waals surface area contributed by atoms with E-state index >= 15 is 0 Å². The molecule has 1 aliphatic rings. The largest absolute Gasteiger partial charge is 0.352 e. The Morgan fingerprint density at radius 1 is 0.946 bits per heavy atom. The lowest BCUT2D eigenvalue weighted by atomic mass is 10.0. The summed E-state index contributed by atoms with van der Waals surface area (Å²) < 4.78 is 0.949. The van der Waals surface area contributed by atoms with E-state index in [1.54, 1.807) is 16.7 Å². The van der Waals surface area contributed by atoms with Crippen molar-refractivity contribution in [2.24, 2.45) is 0 Å². The van der Waals surface area contributed by atoms with Crippen LogP contribution in [0.1, 0.15) is 42.4 Å². The first-order valence-electron chi connectivity index (χ1n) is 12.7. The lowest BCUT2D eigenvalue weighted by Crippen LogP contribution is -2.52. The zero-order valence-corrected chi connectivity index (χ0v) is 23.9. The minimum atomic E-state index is -0.592. The second-order valence-electron chi connectivity index (χ2n) is 9.47. The summed E-state index contributed by atoms with van der Waals surface area (Å²) in [5.41, 5.74) is 3.13. The Labute approximate surface area is 237 Å². The third-order valence-electron chi connectivity index (χ3n) is 6.62. The van der Waals surface area contributed by atoms with Gasteiger partial charge in [0.1, 0.15) is 6.04 Å². The molecule has 4 rings (SSSR count). The molecule has 0 spiro atoms. The van der Waals surface area contributed by atoms with Gasteiger partial charge >= 0.3 is 0 Å². The van der Waals surface area contributed by atoms with Crippen molar-refractivity contribution in [3.63, 3.8) is 0 Å². The van der Waals surface area contributed by atoms with Crippen molar-refractivity contribution >= 4 is 51.1 Å². The summed E-state index contributed by atoms with van der Waals surface area (Å²) in [5, 5.41) is 3.95. The number of rotatable bonds is 11. The van der Waals surface area contributed by atoms with Gasteiger partial charge in [-0.1, -0.05) is 95.0 Å². The number of halogens is 2. The van der Waals surface area contributed by atoms with Crippen LogP contribution in [0, 0.1) is 0 Å². The summed E-state index contributed by atoms with van der Waals surface area (Å²) in [5.74, 6) is 0.882. The van der Waals surface area contributed by atoms with Gasteiger partial charge in [0.15, 0.2) is 0 Å². The maximum atomic E-state index is 13.7. The first-order valence-corrected chi connectivity index (χ1v) is 15.0. The lowest BCUT2D eigenvalue weighted by molar-refractivity contribution is -0.139. The van der Waals surface area contributed by atoms with Gasteiger partial charge in [0.05, 0.1) is 5.75 Å². The van der Waals surface area contributed by atoms with Crippen LogP contribution in [0.2, 0.25) is 5.02 Å². The molecular weight excluding hydrogens is 568 g/mol. The monoisotopic (exact) mass is 598 g/mol. The maximum absolute atomic E-state index is 13.7. The molecule has 0 unspecified atom stereocenters. The fourth-order valence-electron chi connectivity index (χ4n) is 4.67. The van der Waals surface area contributed by atoms with Crippen LogP contribution in [0.5, 0.6) is 0 Å². The van der Waals surface area contributed by atoms with E-state index in [9.17, 15) is 9.59 Å². The van der Waals surface area contributed by atoms with Crippen molar-refractivity contribution in [2.45, 2.75) is 56.5 Å². The molecule has 2 amide bonds. The summed E-state index contributed by atoms with van der Waals surface area (Å²) >= 11 is 11.1. The van der Waals surface area contributed by atoms with Crippen molar-refractivity contribution in [1.29, 1.82) is 0 Å². The first-order chi connectivity index (χ1) is 18.0. The van der Waals surface area contributed by atoms with Crippen molar-refractivity contribution in [1.82, 2.24) is 10.2 Å². The topological polar surface area (TPSA) is 49.4 Å². The van der Waals surface area contributed by atoms with E-state index in [1.807, 2.05) is 78.9 Å². The SMILES string of the molecule is O=C(NC1CCCC1)[C@H](Cc1ccccc1)N(Cc1cccc(Br)c1)C(=O)CSCc1ccc(Cl)cc1. The van der Waals surface area contributed by atoms with E-state index in [4.69, 9.17) is 11.6 Å². The van der Waals surface area contributed by atoms with Crippen molar-refractivity contribution in [2.75, 3.05) is 5.75 Å². The molecule has 0 aromatic heterocycles. The highest BCUT2D eigenvalue weighted by atomic mass is 79.9. The third-order valence-corrected chi connectivity index (χ3v) is 8.36. The zero-order chi connectivity index (χ0) is 26.0. The van der Waals surface area contributed by atoms with E-state index in [2.05, 4.69) is 21.2 Å². The number of nitrogens with zero attached hydrogens (tertiary/aromatic N) is 1. The Bertz CT molecular complexity index is 1170. The average molecular weight is 600 g/mol. The smallest absolute Gasteiger partial charge is 0.243 e. The van der Waals surface area contributed by atoms with E-state index in [0.717, 1.165) is 46.8 Å². The average Bonchev–Trinajstić information content (AvgIpc) is 3.41. The fraction of sp³-hybridized carbons (Fsp3) is 0.333. The normalized spacial score (nSPS) is 14.3. The van der Waals surface area contributed by atoms with Gasteiger partial charge in [-0.2, -0.15) is 0 Å². The zero-order valence-electron chi connectivity index (χ0n) is 20.7. The van der Waals surface area contributed by atoms with Crippen LogP contribution in [0.15, 0.2) is 83.3 Å². The molecule has 1 aliphatic carbocycles. The Morgan fingerprint density at radius 2 is 1.65 bits per heavy atom. The minimum Gasteiger partial charge on any atom is -0.352 e. The van der Waals surface area contributed by atoms with E-state index in [-0.39, 0.29) is 17.9 Å². The summed E-state index contributed by atoms with van der Waals surface area (Å²) in [7, 11) is 0. The second-order valence-corrected chi connectivity index (χ2v) is 11.8. The summed E-state index contributed by atoms with van der Waals surface area (Å²) in [6.07, 6.45) is 4.74. The van der Waals surface area contributed by atoms with Crippen LogP contribution in [0.4, 0.5) is 0 Å². The molecule has 0 bridgehead atoms. The molecule has 3 aromatic carbocycles. The number of carbonyl (C=O) groups is 2. The van der Waals surface area contributed by atoms with E-state index in [1.165, 1.54) is 0 Å². The molecule has 37 heavy (non-hydrogen) atoms. The van der Waals surface area contributed by atoms with Crippen LogP contribution >= 0.6 is 39.3 Å². The molecule has 194 valence electrons. The van der Waals surface area contributed by atoms with Gasteiger partial charge < -0.3 is 10.2 Å². The molecule has 1 atom stereocenters. The number of thioether (sulfide) groups is 1. The van der Waals surface area contributed by atoms with Crippen LogP contribution in [-0.2, 0) is 28.3 Å². The Kier molecular flexibility index (Phi) is 10.5. The van der Waals surface area contributed by atoms with Gasteiger partial charge in [-0.05, 0) is 53.8 Å². The quantitative estimate of drug-likeness (QED) is 0.257. The van der Waals surface area contributed by atoms with Gasteiger partial charge in [-0.3, -0.25) is 9.59 Å². The Balaban J connectivity index is 1.56. The lowest BCUT2D eigenvalue weighted by Gasteiger charge is -2.32. The molecule has 1 N–H and O–H groups in total. The standard InChI is InChI=1S/C30H32BrClN2O2S/c31-25-10-6-9-24(17-25)19-34(29(35)21-37-20-23-13-15-26(32)16-14-23)28(18-22-7-2-1-3-8-22)30(36)33-27-11-4-5-12-27/h1-3,6-10,13-17,27-28H,4-5,11-12,18-21H2,(H,33,36)/t28-/m0/s1. The van der Waals surface area contributed by atoms with Crippen LogP contribution in [-0.4, -0.2) is 34.6 Å². The van der Waals surface area contributed by atoms with Crippen LogP contribution in [0.3, 0.4) is 0 Å². The first kappa shape index (κ1) is 27.7. The molecule has 0 saturated heterocycles. The molecule has 4 nitrogen and oxygen atoms in total. The molecule has 0 aliphatic heterocycles. The third kappa shape index (κ3) is 8.62. The van der Waals surface area contributed by atoms with Gasteiger partial charge in [0.2, 0.25) is 11.8 Å². The number of amides is 2. The van der Waals surface area contributed by atoms with Gasteiger partial charge in [-0.25, -0.2) is 0 Å². The fourth-order valence-corrected chi connectivity index (χ4v) is 6.12. The van der Waals surface area contributed by atoms with E-state index in [0.29, 0.717) is 29.5 Å². The van der Waals surface area contributed by atoms with Crippen LogP contribution < -0.4 is 5.32 Å². The van der Waals surface area contributed by atoms with Crippen molar-refractivity contribution in [3.8, 4) is 0 Å². The number of hydrogen-bond acceptors (Lipinski definition) is 3. The molecule has 0 radical (unpaired) electrons. The molecule has 3 aromatic rings. The number of carbonyl (C=O) groups excluding carboxylic acids is 2. The van der Waals surface area contributed by atoms with Crippen molar-refractivity contribution < 1.29 is 9.59 Å². The maximum Gasteiger partial charge on any atom is 0.243 e. The number of nitrogens with one attached hydrogen (secondary N) is 1. The Morgan fingerprint density at radius 3 is 2.35 bits per heavy atom. The highest BCUT2D eigenvalue weighted by Crippen LogP contribution is 2.22. The summed E-state index contributed by atoms with van der Waals surface area (Å²) in [6.45, 7) is 0.370. The van der Waals surface area contributed by atoms with Gasteiger partial charge in [-0.15, -0.1) is 11.8 Å². The highest BCUT2D eigenvalue weighted by Gasteiger charge is 2.32. The predicted molar refractivity (Wildman–Crippen MR) is 157 cm³/mol. The van der Waals surface area contributed by atoms with Gasteiger partial charge in [0.25, 0.3) is 0 Å². The predicted octanol–water partition coefficient (Wildman–Crippen LogP) is 7.03. The number of benzene rings is 3. The Hall–Kier alpha value is -2.28. The number of hydrogen-bond donors (Lipinski definition) is 1. The molecule has 0 heterocycles. The highest BCUT2D eigenvalue weighted by molar-refractivity contribution is 9.10. The second kappa shape index (κ2) is 14.0. The summed E-state index contributed by atoms with van der Waals surface area (Å²) in [6, 6.07) is 25.2. The molecule has 1 saturated carbocycles. The van der Waals surface area contributed by atoms with Crippen molar-refractivity contribution in [3.05, 3.63) is 105 Å². The minimum absolute atomic E-state index is 0.0403. The van der Waals surface area contributed by atoms with Crippen LogP contribution in [0.25, 0.3) is 0 Å². The molecule has 1 fully saturated rings. The molecular formula is C30H32BrClN2O2S.